The molecule has 1 aromatic heterocycles. The predicted molar refractivity (Wildman–Crippen MR) is 120 cm³/mol. The summed E-state index contributed by atoms with van der Waals surface area (Å²) in [5.74, 6) is 0.00980. The van der Waals surface area contributed by atoms with Crippen molar-refractivity contribution in [2.24, 2.45) is 0 Å². The van der Waals surface area contributed by atoms with Gasteiger partial charge in [0.2, 0.25) is 10.0 Å². The van der Waals surface area contributed by atoms with Gasteiger partial charge in [0.25, 0.3) is 5.91 Å². The Morgan fingerprint density at radius 1 is 1.28 bits per heavy atom. The van der Waals surface area contributed by atoms with Gasteiger partial charge in [-0.2, -0.15) is 9.40 Å². The number of nitrogens with one attached hydrogen (secondary N) is 1. The van der Waals surface area contributed by atoms with E-state index in [1.54, 1.807) is 26.8 Å². The van der Waals surface area contributed by atoms with Crippen molar-refractivity contribution in [1.82, 2.24) is 14.1 Å². The lowest BCUT2D eigenvalue weighted by Crippen LogP contribution is -2.31. The second kappa shape index (κ2) is 9.20. The first kappa shape index (κ1) is 24.2. The van der Waals surface area contributed by atoms with Crippen LogP contribution in [0.4, 0.5) is 5.82 Å². The molecule has 0 bridgehead atoms. The average Bonchev–Trinajstić information content (AvgIpc) is 3.29. The summed E-state index contributed by atoms with van der Waals surface area (Å²) in [5, 5.41) is 7.09. The molecule has 1 N–H and O–H groups in total. The molecule has 0 radical (unpaired) electrons. The van der Waals surface area contributed by atoms with Crippen LogP contribution in [-0.4, -0.2) is 68.5 Å². The molecule has 176 valence electrons. The zero-order valence-electron chi connectivity index (χ0n) is 18.5. The molecule has 12 heteroatoms. The summed E-state index contributed by atoms with van der Waals surface area (Å²) in [7, 11) is -5.62. The number of benzene rings is 1. The van der Waals surface area contributed by atoms with Gasteiger partial charge in [0.1, 0.15) is 16.5 Å². The summed E-state index contributed by atoms with van der Waals surface area (Å²) in [4.78, 5) is 12.9. The molecule has 1 aliphatic heterocycles. The number of carbonyl (C=O) groups excluding carboxylic acids is 1. The fraction of sp³-hybridized carbons (Fsp3) is 0.500. The molecule has 0 aliphatic carbocycles. The lowest BCUT2D eigenvalue weighted by molar-refractivity contribution is 0.102. The highest BCUT2D eigenvalue weighted by molar-refractivity contribution is 7.91. The fourth-order valence-electron chi connectivity index (χ4n) is 3.77. The summed E-state index contributed by atoms with van der Waals surface area (Å²) in [5.41, 5.74) is 0.755. The van der Waals surface area contributed by atoms with Crippen LogP contribution in [0.2, 0.25) is 0 Å². The van der Waals surface area contributed by atoms with Crippen molar-refractivity contribution in [1.29, 1.82) is 0 Å². The summed E-state index contributed by atoms with van der Waals surface area (Å²) in [6.07, 6.45) is 0.418. The van der Waals surface area contributed by atoms with Gasteiger partial charge >= 0.3 is 0 Å². The minimum absolute atomic E-state index is 0.0359. The van der Waals surface area contributed by atoms with Gasteiger partial charge < -0.3 is 10.1 Å². The molecule has 1 aliphatic rings. The minimum atomic E-state index is -3.86. The SMILES string of the molecule is CCN(CC)S(=O)(=O)c1cc(C(=O)Nc2cc(C)nn2C2CCS(=O)(=O)C2)ccc1OC. The number of aryl methyl sites for hydroxylation is 1. The van der Waals surface area contributed by atoms with Gasteiger partial charge in [-0.25, -0.2) is 21.5 Å². The largest absolute Gasteiger partial charge is 0.495 e. The van der Waals surface area contributed by atoms with E-state index in [9.17, 15) is 21.6 Å². The maximum Gasteiger partial charge on any atom is 0.256 e. The van der Waals surface area contributed by atoms with Crippen molar-refractivity contribution < 1.29 is 26.4 Å². The second-order valence-electron chi connectivity index (χ2n) is 7.58. The molecule has 1 aromatic carbocycles. The van der Waals surface area contributed by atoms with Gasteiger partial charge in [-0.15, -0.1) is 0 Å². The number of methoxy groups -OCH3 is 1. The number of carbonyl (C=O) groups is 1. The second-order valence-corrected chi connectivity index (χ2v) is 11.7. The standard InChI is InChI=1S/C20H28N4O6S2/c1-5-23(6-2)32(28,29)18-12-15(7-8-17(18)30-4)20(25)21-19-11-14(3)22-24(19)16-9-10-31(26,27)13-16/h7-8,11-12,16H,5-6,9-10,13H2,1-4H3,(H,21,25). The zero-order valence-corrected chi connectivity index (χ0v) is 20.2. The van der Waals surface area contributed by atoms with Gasteiger partial charge in [0.15, 0.2) is 9.84 Å². The number of sulfonamides is 1. The monoisotopic (exact) mass is 484 g/mol. The first-order valence-corrected chi connectivity index (χ1v) is 13.5. The van der Waals surface area contributed by atoms with Gasteiger partial charge in [0.05, 0.1) is 30.4 Å². The maximum absolute atomic E-state index is 13.0. The van der Waals surface area contributed by atoms with Crippen molar-refractivity contribution in [3.8, 4) is 5.75 Å². The van der Waals surface area contributed by atoms with E-state index in [1.807, 2.05) is 0 Å². The Labute approximate surface area is 188 Å². The quantitative estimate of drug-likeness (QED) is 0.605. The first-order chi connectivity index (χ1) is 15.0. The lowest BCUT2D eigenvalue weighted by atomic mass is 10.2. The van der Waals surface area contributed by atoms with E-state index in [2.05, 4.69) is 10.4 Å². The molecule has 0 saturated carbocycles. The van der Waals surface area contributed by atoms with Crippen LogP contribution >= 0.6 is 0 Å². The normalized spacial score (nSPS) is 18.1. The topological polar surface area (TPSA) is 128 Å². The van der Waals surface area contributed by atoms with E-state index < -0.39 is 25.8 Å². The number of aromatic nitrogens is 2. The molecular weight excluding hydrogens is 456 g/mol. The smallest absolute Gasteiger partial charge is 0.256 e. The molecule has 1 atom stereocenters. The predicted octanol–water partition coefficient (Wildman–Crippen LogP) is 1.84. The van der Waals surface area contributed by atoms with E-state index in [4.69, 9.17) is 4.74 Å². The number of amides is 1. The lowest BCUT2D eigenvalue weighted by Gasteiger charge is -2.20. The summed E-state index contributed by atoms with van der Waals surface area (Å²) in [6, 6.07) is 5.49. The van der Waals surface area contributed by atoms with E-state index in [0.29, 0.717) is 17.9 Å². The Kier molecular flexibility index (Phi) is 6.96. The molecule has 1 saturated heterocycles. The van der Waals surface area contributed by atoms with Crippen LogP contribution in [-0.2, 0) is 19.9 Å². The van der Waals surface area contributed by atoms with Crippen LogP contribution in [0.25, 0.3) is 0 Å². The molecule has 0 spiro atoms. The maximum atomic E-state index is 13.0. The number of nitrogens with zero attached hydrogens (tertiary/aromatic N) is 3. The summed E-state index contributed by atoms with van der Waals surface area (Å²) >= 11 is 0. The van der Waals surface area contributed by atoms with Crippen LogP contribution in [0.1, 0.15) is 42.4 Å². The van der Waals surface area contributed by atoms with Gasteiger partial charge in [-0.1, -0.05) is 13.8 Å². The average molecular weight is 485 g/mol. The number of sulfone groups is 1. The number of hydrogen-bond acceptors (Lipinski definition) is 7. The molecule has 1 unspecified atom stereocenters. The molecule has 2 aromatic rings. The van der Waals surface area contributed by atoms with Crippen molar-refractivity contribution in [3.05, 3.63) is 35.5 Å². The highest BCUT2D eigenvalue weighted by atomic mass is 32.2. The van der Waals surface area contributed by atoms with E-state index in [0.717, 1.165) is 0 Å². The van der Waals surface area contributed by atoms with Crippen molar-refractivity contribution >= 4 is 31.6 Å². The zero-order chi connectivity index (χ0) is 23.7. The highest BCUT2D eigenvalue weighted by Crippen LogP contribution is 2.30. The number of hydrogen-bond donors (Lipinski definition) is 1. The van der Waals surface area contributed by atoms with E-state index >= 15 is 0 Å². The number of rotatable bonds is 8. The summed E-state index contributed by atoms with van der Waals surface area (Å²) in [6.45, 7) is 5.77. The fourth-order valence-corrected chi connectivity index (χ4v) is 7.10. The first-order valence-electron chi connectivity index (χ1n) is 10.3. The molecule has 2 heterocycles. The van der Waals surface area contributed by atoms with Crippen LogP contribution in [0, 0.1) is 6.92 Å². The summed E-state index contributed by atoms with van der Waals surface area (Å²) < 4.78 is 57.9. The van der Waals surface area contributed by atoms with Crippen molar-refractivity contribution in [2.45, 2.75) is 38.1 Å². The third-order valence-corrected chi connectivity index (χ3v) is 9.22. The van der Waals surface area contributed by atoms with Gasteiger partial charge in [-0.05, 0) is 31.5 Å². The highest BCUT2D eigenvalue weighted by Gasteiger charge is 2.32. The Balaban J connectivity index is 1.93. The van der Waals surface area contributed by atoms with E-state index in [-0.39, 0.29) is 46.8 Å². The van der Waals surface area contributed by atoms with Crippen molar-refractivity contribution in [3.63, 3.8) is 0 Å². The Morgan fingerprint density at radius 3 is 2.53 bits per heavy atom. The van der Waals surface area contributed by atoms with Gasteiger partial charge in [-0.3, -0.25) is 4.79 Å². The number of anilines is 1. The Morgan fingerprint density at radius 2 is 1.97 bits per heavy atom. The van der Waals surface area contributed by atoms with Crippen LogP contribution in [0.5, 0.6) is 5.75 Å². The molecule has 1 amide bonds. The molecule has 32 heavy (non-hydrogen) atoms. The Hall–Kier alpha value is -2.44. The molecular formula is C20H28N4O6S2. The molecule has 10 nitrogen and oxygen atoms in total. The Bertz CT molecular complexity index is 1220. The van der Waals surface area contributed by atoms with Gasteiger partial charge in [0, 0.05) is 24.7 Å². The van der Waals surface area contributed by atoms with Crippen molar-refractivity contribution in [2.75, 3.05) is 37.0 Å². The molecule has 1 fully saturated rings. The van der Waals surface area contributed by atoms with Crippen LogP contribution in [0.3, 0.4) is 0 Å². The van der Waals surface area contributed by atoms with Crippen LogP contribution < -0.4 is 10.1 Å². The number of ether oxygens (including phenoxy) is 1. The van der Waals surface area contributed by atoms with Crippen LogP contribution in [0.15, 0.2) is 29.2 Å². The third-order valence-electron chi connectivity index (χ3n) is 5.40. The minimum Gasteiger partial charge on any atom is -0.495 e. The molecule has 3 rings (SSSR count). The van der Waals surface area contributed by atoms with E-state index in [1.165, 1.54) is 34.3 Å². The third kappa shape index (κ3) is 4.81.